The van der Waals surface area contributed by atoms with Gasteiger partial charge in [-0.2, -0.15) is 0 Å². The van der Waals surface area contributed by atoms with Crippen LogP contribution in [-0.4, -0.2) is 16.5 Å². The van der Waals surface area contributed by atoms with Crippen LogP contribution >= 0.6 is 23.1 Å². The number of carbonyl (C=O) groups is 1. The molecule has 0 saturated carbocycles. The molecular weight excluding hydrogens is 250 g/mol. The summed E-state index contributed by atoms with van der Waals surface area (Å²) in [4.78, 5) is 16.1. The molecular formula is C13H15NOS2. The Morgan fingerprint density at radius 1 is 1.41 bits per heavy atom. The fourth-order valence-corrected chi connectivity index (χ4v) is 3.51. The normalized spacial score (nSPS) is 11.2. The quantitative estimate of drug-likeness (QED) is 0.765. The predicted octanol–water partition coefficient (Wildman–Crippen LogP) is 4.00. The molecule has 0 N–H and O–H groups in total. The Bertz CT molecular complexity index is 486. The smallest absolute Gasteiger partial charge is 0.151 e. The molecule has 0 unspecified atom stereocenters. The molecule has 0 fully saturated rings. The molecule has 0 saturated heterocycles. The molecule has 0 radical (unpaired) electrons. The molecule has 2 aromatic rings. The Labute approximate surface area is 109 Å². The second-order valence-electron chi connectivity index (χ2n) is 4.37. The first kappa shape index (κ1) is 12.6. The fourth-order valence-electron chi connectivity index (χ4n) is 1.57. The number of nitrogens with zero attached hydrogens (tertiary/aromatic N) is 1. The molecule has 90 valence electrons. The van der Waals surface area contributed by atoms with E-state index in [2.05, 4.69) is 24.9 Å². The van der Waals surface area contributed by atoms with Crippen LogP contribution in [0.4, 0.5) is 0 Å². The summed E-state index contributed by atoms with van der Waals surface area (Å²) in [6.07, 6.45) is 0.665. The highest BCUT2D eigenvalue weighted by atomic mass is 32.2. The van der Waals surface area contributed by atoms with Gasteiger partial charge in [0.2, 0.25) is 0 Å². The Kier molecular flexibility index (Phi) is 4.18. The maximum atomic E-state index is 11.6. The first-order chi connectivity index (χ1) is 8.15. The summed E-state index contributed by atoms with van der Waals surface area (Å²) in [5, 5.41) is 0. The third kappa shape index (κ3) is 3.54. The van der Waals surface area contributed by atoms with Crippen molar-refractivity contribution in [3.05, 3.63) is 24.3 Å². The highest BCUT2D eigenvalue weighted by Gasteiger charge is 2.08. The molecule has 17 heavy (non-hydrogen) atoms. The maximum absolute atomic E-state index is 11.6. The van der Waals surface area contributed by atoms with Crippen molar-refractivity contribution < 1.29 is 4.79 Å². The molecule has 0 aliphatic rings. The number of hydrogen-bond acceptors (Lipinski definition) is 4. The lowest BCUT2D eigenvalue weighted by molar-refractivity contribution is -0.117. The lowest BCUT2D eigenvalue weighted by atomic mass is 10.1. The van der Waals surface area contributed by atoms with Crippen LogP contribution in [0.2, 0.25) is 0 Å². The van der Waals surface area contributed by atoms with Gasteiger partial charge in [-0.15, -0.1) is 11.3 Å². The van der Waals surface area contributed by atoms with Crippen LogP contribution in [-0.2, 0) is 4.79 Å². The first-order valence-electron chi connectivity index (χ1n) is 5.65. The molecule has 2 rings (SSSR count). The van der Waals surface area contributed by atoms with E-state index in [1.54, 1.807) is 23.1 Å². The molecule has 1 aromatic heterocycles. The van der Waals surface area contributed by atoms with Gasteiger partial charge < -0.3 is 0 Å². The number of rotatable bonds is 5. The summed E-state index contributed by atoms with van der Waals surface area (Å²) >= 11 is 3.21. The Hall–Kier alpha value is -0.870. The van der Waals surface area contributed by atoms with E-state index in [0.717, 1.165) is 9.86 Å². The van der Waals surface area contributed by atoms with E-state index < -0.39 is 0 Å². The lowest BCUT2D eigenvalue weighted by Gasteiger charge is -2.01. The Morgan fingerprint density at radius 3 is 2.88 bits per heavy atom. The van der Waals surface area contributed by atoms with Crippen molar-refractivity contribution in [2.24, 2.45) is 5.92 Å². The van der Waals surface area contributed by atoms with E-state index >= 15 is 0 Å². The number of thiazole rings is 1. The average Bonchev–Trinajstić information content (AvgIpc) is 2.68. The largest absolute Gasteiger partial charge is 0.299 e. The minimum atomic E-state index is 0.309. The molecule has 1 aromatic carbocycles. The van der Waals surface area contributed by atoms with Gasteiger partial charge in [0.1, 0.15) is 5.78 Å². The highest BCUT2D eigenvalue weighted by molar-refractivity contribution is 8.01. The Balaban J connectivity index is 1.97. The minimum Gasteiger partial charge on any atom is -0.299 e. The number of benzene rings is 1. The monoisotopic (exact) mass is 265 g/mol. The molecule has 0 spiro atoms. The zero-order valence-corrected chi connectivity index (χ0v) is 11.6. The Morgan fingerprint density at radius 2 is 2.18 bits per heavy atom. The third-order valence-corrected chi connectivity index (χ3v) is 4.51. The van der Waals surface area contributed by atoms with Crippen molar-refractivity contribution in [3.63, 3.8) is 0 Å². The van der Waals surface area contributed by atoms with Crippen molar-refractivity contribution in [2.75, 3.05) is 5.75 Å². The summed E-state index contributed by atoms with van der Waals surface area (Å²) < 4.78 is 2.18. The minimum absolute atomic E-state index is 0.309. The van der Waals surface area contributed by atoms with Gasteiger partial charge >= 0.3 is 0 Å². The van der Waals surface area contributed by atoms with Gasteiger partial charge in [-0.3, -0.25) is 4.79 Å². The van der Waals surface area contributed by atoms with Crippen molar-refractivity contribution >= 4 is 39.1 Å². The van der Waals surface area contributed by atoms with Crippen LogP contribution < -0.4 is 0 Å². The number of ketones is 1. The van der Waals surface area contributed by atoms with Crippen molar-refractivity contribution in [1.82, 2.24) is 4.98 Å². The standard InChI is InChI=1S/C13H15NOS2/c1-9(2)7-10(15)8-16-13-14-11-5-3-4-6-12(11)17-13/h3-6,9H,7-8H2,1-2H3. The van der Waals surface area contributed by atoms with Crippen molar-refractivity contribution in [1.29, 1.82) is 0 Å². The topological polar surface area (TPSA) is 30.0 Å². The molecule has 4 heteroatoms. The van der Waals surface area contributed by atoms with E-state index in [1.165, 1.54) is 4.70 Å². The second-order valence-corrected chi connectivity index (χ2v) is 6.63. The average molecular weight is 265 g/mol. The fraction of sp³-hybridized carbons (Fsp3) is 0.385. The van der Waals surface area contributed by atoms with Crippen molar-refractivity contribution in [2.45, 2.75) is 24.6 Å². The van der Waals surface area contributed by atoms with Gasteiger partial charge in [0.15, 0.2) is 4.34 Å². The second kappa shape index (κ2) is 5.65. The highest BCUT2D eigenvalue weighted by Crippen LogP contribution is 2.29. The summed E-state index contributed by atoms with van der Waals surface area (Å²) in [5.74, 6) is 1.29. The zero-order valence-electron chi connectivity index (χ0n) is 9.97. The number of aromatic nitrogens is 1. The number of hydrogen-bond donors (Lipinski definition) is 0. The molecule has 0 amide bonds. The summed E-state index contributed by atoms with van der Waals surface area (Å²) in [7, 11) is 0. The molecule has 0 aliphatic carbocycles. The number of thioether (sulfide) groups is 1. The van der Waals surface area contributed by atoms with Crippen LogP contribution in [0.15, 0.2) is 28.6 Å². The third-order valence-electron chi connectivity index (χ3n) is 2.27. The van der Waals surface area contributed by atoms with E-state index in [9.17, 15) is 4.79 Å². The number of carbonyl (C=O) groups excluding carboxylic acids is 1. The summed E-state index contributed by atoms with van der Waals surface area (Å²) in [5.41, 5.74) is 1.02. The molecule has 1 heterocycles. The number of fused-ring (bicyclic) bond motifs is 1. The number of Topliss-reactive ketones (excluding diaryl/α,β-unsaturated/α-hetero) is 1. The molecule has 0 aliphatic heterocycles. The maximum Gasteiger partial charge on any atom is 0.151 e. The summed E-state index contributed by atoms with van der Waals surface area (Å²) in [6.45, 7) is 4.14. The van der Waals surface area contributed by atoms with Crippen LogP contribution in [0.1, 0.15) is 20.3 Å². The summed E-state index contributed by atoms with van der Waals surface area (Å²) in [6, 6.07) is 8.07. The van der Waals surface area contributed by atoms with Gasteiger partial charge in [0.25, 0.3) is 0 Å². The van der Waals surface area contributed by atoms with E-state index in [-0.39, 0.29) is 0 Å². The predicted molar refractivity (Wildman–Crippen MR) is 74.8 cm³/mol. The van der Waals surface area contributed by atoms with E-state index in [4.69, 9.17) is 0 Å². The van der Waals surface area contributed by atoms with E-state index in [0.29, 0.717) is 23.9 Å². The van der Waals surface area contributed by atoms with Crippen molar-refractivity contribution in [3.8, 4) is 0 Å². The van der Waals surface area contributed by atoms with Crippen LogP contribution in [0.5, 0.6) is 0 Å². The van der Waals surface area contributed by atoms with Crippen LogP contribution in [0.3, 0.4) is 0 Å². The van der Waals surface area contributed by atoms with Gasteiger partial charge in [-0.25, -0.2) is 4.98 Å². The molecule has 2 nitrogen and oxygen atoms in total. The SMILES string of the molecule is CC(C)CC(=O)CSc1nc2ccccc2s1. The zero-order chi connectivity index (χ0) is 12.3. The van der Waals surface area contributed by atoms with Crippen LogP contribution in [0.25, 0.3) is 10.2 Å². The van der Waals surface area contributed by atoms with Gasteiger partial charge in [-0.1, -0.05) is 37.7 Å². The van der Waals surface area contributed by atoms with Gasteiger partial charge in [-0.05, 0) is 18.1 Å². The van der Waals surface area contributed by atoms with E-state index in [1.807, 2.05) is 18.2 Å². The first-order valence-corrected chi connectivity index (χ1v) is 7.45. The van der Waals surface area contributed by atoms with Gasteiger partial charge in [0, 0.05) is 6.42 Å². The van der Waals surface area contributed by atoms with Gasteiger partial charge in [0.05, 0.1) is 16.0 Å². The molecule has 0 bridgehead atoms. The number of para-hydroxylation sites is 1. The lowest BCUT2D eigenvalue weighted by Crippen LogP contribution is -2.05. The van der Waals surface area contributed by atoms with Crippen LogP contribution in [0, 0.1) is 5.92 Å². The molecule has 0 atom stereocenters.